The van der Waals surface area contributed by atoms with Crippen LogP contribution in [0.25, 0.3) is 10.8 Å². The molecule has 0 saturated heterocycles. The van der Waals surface area contributed by atoms with Crippen molar-refractivity contribution in [3.8, 4) is 0 Å². The van der Waals surface area contributed by atoms with E-state index in [0.717, 1.165) is 0 Å². The van der Waals surface area contributed by atoms with Crippen molar-refractivity contribution in [2.75, 3.05) is 6.26 Å². The molecule has 0 aromatic heterocycles. The van der Waals surface area contributed by atoms with Crippen LogP contribution in [0.1, 0.15) is 27.0 Å². The van der Waals surface area contributed by atoms with Gasteiger partial charge in [-0.2, -0.15) is 0 Å². The van der Waals surface area contributed by atoms with E-state index in [9.17, 15) is 18.2 Å². The van der Waals surface area contributed by atoms with Crippen LogP contribution in [0.3, 0.4) is 0 Å². The van der Waals surface area contributed by atoms with Gasteiger partial charge >= 0.3 is 5.97 Å². The number of rotatable bonds is 5. The molecule has 0 amide bonds. The highest BCUT2D eigenvalue weighted by atomic mass is 32.2. The Kier molecular flexibility index (Phi) is 5.19. The van der Waals surface area contributed by atoms with Crippen LogP contribution in [-0.4, -0.2) is 27.3 Å². The normalized spacial score (nSPS) is 12.1. The maximum absolute atomic E-state index is 13.8. The molecule has 0 bridgehead atoms. The number of benzene rings is 3. The fourth-order valence-electron chi connectivity index (χ4n) is 3.11. The molecule has 1 atom stereocenters. The van der Waals surface area contributed by atoms with E-state index in [4.69, 9.17) is 5.11 Å². The first-order chi connectivity index (χ1) is 12.8. The average molecular weight is 384 g/mol. The molecule has 0 aliphatic heterocycles. The topological polar surface area (TPSA) is 71.4 Å². The lowest BCUT2D eigenvalue weighted by atomic mass is 9.89. The van der Waals surface area contributed by atoms with Gasteiger partial charge in [0.25, 0.3) is 0 Å². The van der Waals surface area contributed by atoms with Gasteiger partial charge in [0.15, 0.2) is 5.78 Å². The number of hydrogen-bond acceptors (Lipinski definition) is 3. The predicted molar refractivity (Wildman–Crippen MR) is 102 cm³/mol. The number of halogens is 1. The monoisotopic (exact) mass is 384 g/mol. The third kappa shape index (κ3) is 3.80. The molecule has 0 aliphatic carbocycles. The minimum Gasteiger partial charge on any atom is -0.481 e. The van der Waals surface area contributed by atoms with E-state index in [2.05, 4.69) is 0 Å². The number of hydrogen-bond donors (Lipinski definition) is 1. The number of carbonyl (C=O) groups is 2. The summed E-state index contributed by atoms with van der Waals surface area (Å²) in [5.41, 5.74) is 1.68. The lowest BCUT2D eigenvalue weighted by molar-refractivity contribution is -0.136. The van der Waals surface area contributed by atoms with Crippen LogP contribution >= 0.6 is 0 Å². The molecule has 3 rings (SSSR count). The van der Waals surface area contributed by atoms with Gasteiger partial charge in [0.1, 0.15) is 5.82 Å². The highest BCUT2D eigenvalue weighted by molar-refractivity contribution is 7.84. The van der Waals surface area contributed by atoms with Crippen LogP contribution in [-0.2, 0) is 22.0 Å². The first kappa shape index (κ1) is 18.9. The van der Waals surface area contributed by atoms with Crippen molar-refractivity contribution in [1.29, 1.82) is 0 Å². The van der Waals surface area contributed by atoms with E-state index in [1.54, 1.807) is 43.5 Å². The molecule has 0 saturated carbocycles. The summed E-state index contributed by atoms with van der Waals surface area (Å²) in [6.45, 7) is 1.67. The zero-order valence-corrected chi connectivity index (χ0v) is 15.6. The second kappa shape index (κ2) is 7.40. The fraction of sp³-hybridized carbons (Fsp3) is 0.143. The van der Waals surface area contributed by atoms with E-state index >= 15 is 0 Å². The Hall–Kier alpha value is -2.86. The fourth-order valence-corrected chi connectivity index (χ4v) is 3.63. The molecule has 0 radical (unpaired) electrons. The quantitative estimate of drug-likeness (QED) is 0.678. The van der Waals surface area contributed by atoms with E-state index in [1.165, 1.54) is 18.2 Å². The van der Waals surface area contributed by atoms with Crippen LogP contribution in [0.15, 0.2) is 53.4 Å². The van der Waals surface area contributed by atoms with Crippen LogP contribution < -0.4 is 0 Å². The number of ketones is 1. The van der Waals surface area contributed by atoms with Crippen molar-refractivity contribution in [1.82, 2.24) is 0 Å². The SMILES string of the molecule is Cc1c(CC(=O)O)cc2ccc(F)cc2c1C(=O)c1ccc(S(C)=O)cc1. The number of carboxylic acids is 1. The van der Waals surface area contributed by atoms with Crippen molar-refractivity contribution < 1.29 is 23.3 Å². The number of aliphatic carboxylic acids is 1. The standard InChI is InChI=1S/C21H17FO4S/c1-12-15(10-19(23)24)9-14-3-6-16(22)11-18(14)20(12)21(25)13-4-7-17(8-5-13)27(2)26/h3-9,11H,10H2,1-2H3,(H,23,24). The smallest absolute Gasteiger partial charge is 0.307 e. The Morgan fingerprint density at radius 3 is 2.33 bits per heavy atom. The zero-order valence-electron chi connectivity index (χ0n) is 14.8. The number of carbonyl (C=O) groups excluding carboxylic acids is 1. The molecule has 0 aliphatic rings. The lowest BCUT2D eigenvalue weighted by Crippen LogP contribution is -2.10. The van der Waals surface area contributed by atoms with E-state index in [1.807, 2.05) is 0 Å². The van der Waals surface area contributed by atoms with Gasteiger partial charge in [-0.25, -0.2) is 4.39 Å². The van der Waals surface area contributed by atoms with Crippen LogP contribution in [0.5, 0.6) is 0 Å². The van der Waals surface area contributed by atoms with Crippen LogP contribution in [0, 0.1) is 12.7 Å². The van der Waals surface area contributed by atoms with Gasteiger partial charge < -0.3 is 5.11 Å². The molecule has 0 spiro atoms. The Labute approximate surface area is 158 Å². The molecule has 6 heteroatoms. The maximum atomic E-state index is 13.8. The largest absolute Gasteiger partial charge is 0.481 e. The molecule has 4 nitrogen and oxygen atoms in total. The van der Waals surface area contributed by atoms with Crippen molar-refractivity contribution in [3.63, 3.8) is 0 Å². The summed E-state index contributed by atoms with van der Waals surface area (Å²) in [6.07, 6.45) is 1.32. The maximum Gasteiger partial charge on any atom is 0.307 e. The molecule has 138 valence electrons. The Bertz CT molecular complexity index is 1090. The first-order valence-corrected chi connectivity index (χ1v) is 9.75. The summed E-state index contributed by atoms with van der Waals surface area (Å²) in [4.78, 5) is 25.0. The van der Waals surface area contributed by atoms with Gasteiger partial charge in [-0.3, -0.25) is 13.8 Å². The van der Waals surface area contributed by atoms with Crippen LogP contribution in [0.2, 0.25) is 0 Å². The van der Waals surface area contributed by atoms with Crippen molar-refractivity contribution in [2.45, 2.75) is 18.2 Å². The summed E-state index contributed by atoms with van der Waals surface area (Å²) < 4.78 is 25.4. The van der Waals surface area contributed by atoms with Crippen molar-refractivity contribution in [2.24, 2.45) is 0 Å². The summed E-state index contributed by atoms with van der Waals surface area (Å²) in [6, 6.07) is 12.2. The number of carboxylic acid groups (broad SMARTS) is 1. The van der Waals surface area contributed by atoms with Gasteiger partial charge in [0, 0.05) is 33.1 Å². The summed E-state index contributed by atoms with van der Waals surface area (Å²) in [7, 11) is -1.16. The lowest BCUT2D eigenvalue weighted by Gasteiger charge is -2.14. The summed E-state index contributed by atoms with van der Waals surface area (Å²) >= 11 is 0. The molecular weight excluding hydrogens is 367 g/mol. The molecule has 0 heterocycles. The third-order valence-electron chi connectivity index (χ3n) is 4.49. The second-order valence-electron chi connectivity index (χ2n) is 6.28. The van der Waals surface area contributed by atoms with Gasteiger partial charge in [-0.05, 0) is 65.2 Å². The molecule has 3 aromatic carbocycles. The Balaban J connectivity index is 2.22. The van der Waals surface area contributed by atoms with E-state index in [-0.39, 0.29) is 17.8 Å². The van der Waals surface area contributed by atoms with Crippen LogP contribution in [0.4, 0.5) is 4.39 Å². The molecule has 27 heavy (non-hydrogen) atoms. The first-order valence-electron chi connectivity index (χ1n) is 8.19. The summed E-state index contributed by atoms with van der Waals surface area (Å²) in [5.74, 6) is -1.81. The van der Waals surface area contributed by atoms with Gasteiger partial charge in [-0.1, -0.05) is 12.1 Å². The summed E-state index contributed by atoms with van der Waals surface area (Å²) in [5, 5.41) is 10.2. The Morgan fingerprint density at radius 1 is 1.07 bits per heavy atom. The highest BCUT2D eigenvalue weighted by Crippen LogP contribution is 2.29. The van der Waals surface area contributed by atoms with Gasteiger partial charge in [0.2, 0.25) is 0 Å². The average Bonchev–Trinajstić information content (AvgIpc) is 2.62. The highest BCUT2D eigenvalue weighted by Gasteiger charge is 2.20. The van der Waals surface area contributed by atoms with Crippen molar-refractivity contribution in [3.05, 3.63) is 76.6 Å². The second-order valence-corrected chi connectivity index (χ2v) is 7.66. The molecule has 0 fully saturated rings. The van der Waals surface area contributed by atoms with E-state index < -0.39 is 22.6 Å². The van der Waals surface area contributed by atoms with Gasteiger partial charge in [0.05, 0.1) is 6.42 Å². The third-order valence-corrected chi connectivity index (χ3v) is 5.42. The minimum atomic E-state index is -1.16. The Morgan fingerprint density at radius 2 is 1.74 bits per heavy atom. The van der Waals surface area contributed by atoms with E-state index in [0.29, 0.717) is 32.4 Å². The molecular formula is C21H17FO4S. The van der Waals surface area contributed by atoms with Crippen molar-refractivity contribution >= 4 is 33.3 Å². The predicted octanol–water partition coefficient (Wildman–Crippen LogP) is 3.88. The minimum absolute atomic E-state index is 0.229. The molecule has 1 unspecified atom stereocenters. The molecule has 3 aromatic rings. The number of fused-ring (bicyclic) bond motifs is 1. The molecule has 1 N–H and O–H groups in total. The van der Waals surface area contributed by atoms with Gasteiger partial charge in [-0.15, -0.1) is 0 Å². The zero-order chi connectivity index (χ0) is 19.7.